The smallest absolute Gasteiger partial charge is 0.164 e. The summed E-state index contributed by atoms with van der Waals surface area (Å²) < 4.78 is 5.56. The van der Waals surface area contributed by atoms with Crippen LogP contribution in [0.5, 0.6) is 11.5 Å². The van der Waals surface area contributed by atoms with E-state index < -0.39 is 0 Å². The van der Waals surface area contributed by atoms with Crippen LogP contribution in [0, 0.1) is 0 Å². The van der Waals surface area contributed by atoms with Gasteiger partial charge in [0.1, 0.15) is 12.0 Å². The van der Waals surface area contributed by atoms with Crippen LogP contribution in [-0.4, -0.2) is 6.29 Å². The molecule has 0 heterocycles. The molecule has 17 heavy (non-hydrogen) atoms. The van der Waals surface area contributed by atoms with E-state index in [-0.39, 0.29) is 0 Å². The van der Waals surface area contributed by atoms with Gasteiger partial charge in [-0.25, -0.2) is 0 Å². The van der Waals surface area contributed by atoms with Crippen molar-refractivity contribution in [2.45, 2.75) is 0 Å². The Morgan fingerprint density at radius 2 is 1.53 bits per heavy atom. The van der Waals surface area contributed by atoms with Gasteiger partial charge in [-0.15, -0.1) is 0 Å². The van der Waals surface area contributed by atoms with Crippen LogP contribution in [0.15, 0.2) is 42.5 Å². The van der Waals surface area contributed by atoms with Gasteiger partial charge in [0, 0.05) is 5.56 Å². The minimum atomic E-state index is 0.412. The lowest BCUT2D eigenvalue weighted by atomic mass is 10.2. The Labute approximate surface area is 109 Å². The molecular formula is C13H8Cl2O2. The normalized spacial score (nSPS) is 10.0. The Hall–Kier alpha value is -1.51. The Morgan fingerprint density at radius 1 is 0.941 bits per heavy atom. The van der Waals surface area contributed by atoms with E-state index in [1.807, 2.05) is 0 Å². The summed E-state index contributed by atoms with van der Waals surface area (Å²) in [5, 5.41) is 0.883. The average molecular weight is 267 g/mol. The first kappa shape index (κ1) is 12.0. The lowest BCUT2D eigenvalue weighted by Crippen LogP contribution is -1.87. The number of para-hydroxylation sites is 1. The van der Waals surface area contributed by atoms with Gasteiger partial charge in [-0.2, -0.15) is 0 Å². The number of carbonyl (C=O) groups is 1. The number of carbonyl (C=O) groups excluding carboxylic acids is 1. The molecule has 0 aliphatic carbocycles. The minimum absolute atomic E-state index is 0.412. The molecule has 0 fully saturated rings. The number of hydrogen-bond acceptors (Lipinski definition) is 2. The first-order valence-corrected chi connectivity index (χ1v) is 5.63. The van der Waals surface area contributed by atoms with Gasteiger partial charge in [0.05, 0.1) is 10.0 Å². The van der Waals surface area contributed by atoms with Crippen LogP contribution in [0.4, 0.5) is 0 Å². The van der Waals surface area contributed by atoms with Gasteiger partial charge in [-0.05, 0) is 36.4 Å². The summed E-state index contributed by atoms with van der Waals surface area (Å²) in [4.78, 5) is 10.5. The highest BCUT2D eigenvalue weighted by Gasteiger charge is 2.07. The maximum atomic E-state index is 10.5. The van der Waals surface area contributed by atoms with E-state index in [1.165, 1.54) is 0 Å². The molecule has 0 amide bonds. The molecule has 0 N–H and O–H groups in total. The summed E-state index contributed by atoms with van der Waals surface area (Å²) in [6.07, 6.45) is 0.770. The topological polar surface area (TPSA) is 26.3 Å². The predicted octanol–water partition coefficient (Wildman–Crippen LogP) is 4.60. The minimum Gasteiger partial charge on any atom is -0.454 e. The van der Waals surface area contributed by atoms with Crippen LogP contribution < -0.4 is 4.74 Å². The second kappa shape index (κ2) is 5.21. The molecular weight excluding hydrogens is 259 g/mol. The van der Waals surface area contributed by atoms with Gasteiger partial charge in [-0.1, -0.05) is 29.3 Å². The van der Waals surface area contributed by atoms with Crippen molar-refractivity contribution in [1.29, 1.82) is 0 Å². The van der Waals surface area contributed by atoms with E-state index in [2.05, 4.69) is 0 Å². The summed E-state index contributed by atoms with van der Waals surface area (Å²) in [6.45, 7) is 0. The van der Waals surface area contributed by atoms with Gasteiger partial charge in [0.15, 0.2) is 5.75 Å². The third-order valence-corrected chi connectivity index (χ3v) is 2.75. The molecule has 0 aliphatic rings. The second-order valence-electron chi connectivity index (χ2n) is 3.34. The maximum absolute atomic E-state index is 10.5. The molecule has 2 rings (SSSR count). The van der Waals surface area contributed by atoms with Crippen molar-refractivity contribution in [2.75, 3.05) is 0 Å². The summed E-state index contributed by atoms with van der Waals surface area (Å²) in [7, 11) is 0. The standard InChI is InChI=1S/C13H8Cl2O2/c14-11-2-1-3-12(15)13(11)17-10-6-4-9(8-16)5-7-10/h1-8H. The fourth-order valence-electron chi connectivity index (χ4n) is 1.31. The number of rotatable bonds is 3. The predicted molar refractivity (Wildman–Crippen MR) is 68.4 cm³/mol. The molecule has 0 radical (unpaired) electrons. The highest BCUT2D eigenvalue weighted by Crippen LogP contribution is 2.35. The average Bonchev–Trinajstić information content (AvgIpc) is 2.35. The van der Waals surface area contributed by atoms with Crippen LogP contribution in [0.25, 0.3) is 0 Å². The fourth-order valence-corrected chi connectivity index (χ4v) is 1.79. The van der Waals surface area contributed by atoms with Crippen LogP contribution in [0.1, 0.15) is 10.4 Å². The van der Waals surface area contributed by atoms with Crippen molar-refractivity contribution in [1.82, 2.24) is 0 Å². The molecule has 4 heteroatoms. The largest absolute Gasteiger partial charge is 0.454 e. The molecule has 2 aromatic carbocycles. The van der Waals surface area contributed by atoms with E-state index in [0.29, 0.717) is 27.1 Å². The summed E-state index contributed by atoms with van der Waals surface area (Å²) in [5.41, 5.74) is 0.586. The van der Waals surface area contributed by atoms with Crippen molar-refractivity contribution in [2.24, 2.45) is 0 Å². The second-order valence-corrected chi connectivity index (χ2v) is 4.15. The van der Waals surface area contributed by atoms with Crippen LogP contribution in [-0.2, 0) is 0 Å². The molecule has 0 unspecified atom stereocenters. The number of halogens is 2. The Balaban J connectivity index is 2.28. The molecule has 0 bridgehead atoms. The first-order valence-electron chi connectivity index (χ1n) is 4.88. The molecule has 2 nitrogen and oxygen atoms in total. The number of ether oxygens (including phenoxy) is 1. The maximum Gasteiger partial charge on any atom is 0.164 e. The summed E-state index contributed by atoms with van der Waals surface area (Å²) >= 11 is 11.9. The molecule has 0 spiro atoms. The van der Waals surface area contributed by atoms with E-state index >= 15 is 0 Å². The zero-order valence-corrected chi connectivity index (χ0v) is 10.2. The van der Waals surface area contributed by atoms with Crippen molar-refractivity contribution >= 4 is 29.5 Å². The van der Waals surface area contributed by atoms with Crippen molar-refractivity contribution in [3.05, 3.63) is 58.1 Å². The van der Waals surface area contributed by atoms with Gasteiger partial charge >= 0.3 is 0 Å². The highest BCUT2D eigenvalue weighted by atomic mass is 35.5. The molecule has 0 atom stereocenters. The molecule has 0 saturated carbocycles. The zero-order chi connectivity index (χ0) is 12.3. The van der Waals surface area contributed by atoms with Crippen molar-refractivity contribution < 1.29 is 9.53 Å². The highest BCUT2D eigenvalue weighted by molar-refractivity contribution is 6.37. The van der Waals surface area contributed by atoms with E-state index in [0.717, 1.165) is 6.29 Å². The molecule has 0 aromatic heterocycles. The summed E-state index contributed by atoms with van der Waals surface area (Å²) in [6, 6.07) is 11.8. The molecule has 2 aromatic rings. The van der Waals surface area contributed by atoms with Crippen LogP contribution in [0.3, 0.4) is 0 Å². The van der Waals surface area contributed by atoms with Crippen molar-refractivity contribution in [3.8, 4) is 11.5 Å². The van der Waals surface area contributed by atoms with E-state index in [4.69, 9.17) is 27.9 Å². The van der Waals surface area contributed by atoms with Crippen LogP contribution in [0.2, 0.25) is 10.0 Å². The van der Waals surface area contributed by atoms with Gasteiger partial charge in [-0.3, -0.25) is 4.79 Å². The third kappa shape index (κ3) is 2.78. The lowest BCUT2D eigenvalue weighted by Gasteiger charge is -2.09. The quantitative estimate of drug-likeness (QED) is 0.760. The number of aldehydes is 1. The first-order chi connectivity index (χ1) is 8.20. The lowest BCUT2D eigenvalue weighted by molar-refractivity contribution is 0.112. The Kier molecular flexibility index (Phi) is 3.67. The Morgan fingerprint density at radius 3 is 2.06 bits per heavy atom. The van der Waals surface area contributed by atoms with Gasteiger partial charge < -0.3 is 4.74 Å². The molecule has 0 aliphatic heterocycles. The SMILES string of the molecule is O=Cc1ccc(Oc2c(Cl)cccc2Cl)cc1. The third-order valence-electron chi connectivity index (χ3n) is 2.16. The number of hydrogen-bond donors (Lipinski definition) is 0. The van der Waals surface area contributed by atoms with E-state index in [9.17, 15) is 4.79 Å². The molecule has 86 valence electrons. The van der Waals surface area contributed by atoms with E-state index in [1.54, 1.807) is 42.5 Å². The number of benzene rings is 2. The van der Waals surface area contributed by atoms with Gasteiger partial charge in [0.2, 0.25) is 0 Å². The fraction of sp³-hybridized carbons (Fsp3) is 0. The van der Waals surface area contributed by atoms with Gasteiger partial charge in [0.25, 0.3) is 0 Å². The molecule has 0 saturated heterocycles. The van der Waals surface area contributed by atoms with Crippen LogP contribution >= 0.6 is 23.2 Å². The monoisotopic (exact) mass is 266 g/mol. The zero-order valence-electron chi connectivity index (χ0n) is 8.69. The Bertz CT molecular complexity index is 515. The van der Waals surface area contributed by atoms with Crippen molar-refractivity contribution in [3.63, 3.8) is 0 Å². The summed E-state index contributed by atoms with van der Waals surface area (Å²) in [5.74, 6) is 0.986.